The van der Waals surface area contributed by atoms with E-state index in [0.717, 1.165) is 17.8 Å². The van der Waals surface area contributed by atoms with Crippen LogP contribution in [0.1, 0.15) is 12.6 Å². The van der Waals surface area contributed by atoms with E-state index in [4.69, 9.17) is 9.47 Å². The van der Waals surface area contributed by atoms with Crippen LogP contribution in [-0.2, 0) is 15.7 Å². The minimum atomic E-state index is -4.67. The normalized spacial score (nSPS) is 11.6. The second kappa shape index (κ2) is 8.05. The van der Waals surface area contributed by atoms with Crippen LogP contribution in [0.5, 0.6) is 5.75 Å². The van der Waals surface area contributed by atoms with E-state index >= 15 is 0 Å². The van der Waals surface area contributed by atoms with Gasteiger partial charge in [-0.25, -0.2) is 4.98 Å². The van der Waals surface area contributed by atoms with E-state index in [-0.39, 0.29) is 29.0 Å². The fraction of sp³-hybridized carbons (Fsp3) is 0.294. The summed E-state index contributed by atoms with van der Waals surface area (Å²) in [5.74, 6) is -0.264. The van der Waals surface area contributed by atoms with Gasteiger partial charge in [-0.3, -0.25) is 4.79 Å². The number of nitrogens with zero attached hydrogens (tertiary/aromatic N) is 4. The van der Waals surface area contributed by atoms with Crippen molar-refractivity contribution >= 4 is 23.5 Å². The first-order valence-corrected chi connectivity index (χ1v) is 9.08. The van der Waals surface area contributed by atoms with E-state index in [1.807, 2.05) is 0 Å². The van der Waals surface area contributed by atoms with Gasteiger partial charge in [0.1, 0.15) is 5.75 Å². The minimum absolute atomic E-state index is 0.00191. The number of thioether (sulfide) groups is 1. The molecule has 2 aromatic heterocycles. The van der Waals surface area contributed by atoms with Gasteiger partial charge in [0, 0.05) is 5.56 Å². The number of hydrogen-bond donors (Lipinski definition) is 0. The third-order valence-electron chi connectivity index (χ3n) is 3.59. The third kappa shape index (κ3) is 4.35. The predicted octanol–water partition coefficient (Wildman–Crippen LogP) is 3.47. The maximum Gasteiger partial charge on any atom is 0.433 e. The fourth-order valence-corrected chi connectivity index (χ4v) is 2.96. The van der Waals surface area contributed by atoms with Crippen molar-refractivity contribution in [3.05, 3.63) is 36.0 Å². The van der Waals surface area contributed by atoms with E-state index in [9.17, 15) is 18.0 Å². The number of methoxy groups -OCH3 is 1. The molecule has 0 amide bonds. The molecule has 0 aliphatic heterocycles. The first kappa shape index (κ1) is 19.9. The molecule has 2 heterocycles. The van der Waals surface area contributed by atoms with Crippen LogP contribution >= 0.6 is 11.8 Å². The van der Waals surface area contributed by atoms with Gasteiger partial charge >= 0.3 is 12.1 Å². The maximum atomic E-state index is 13.5. The highest BCUT2D eigenvalue weighted by molar-refractivity contribution is 7.99. The van der Waals surface area contributed by atoms with Crippen molar-refractivity contribution < 1.29 is 27.4 Å². The van der Waals surface area contributed by atoms with Gasteiger partial charge in [0.25, 0.3) is 5.78 Å². The molecule has 7 nitrogen and oxygen atoms in total. The Morgan fingerprint density at radius 2 is 1.93 bits per heavy atom. The van der Waals surface area contributed by atoms with E-state index in [0.29, 0.717) is 15.8 Å². The lowest BCUT2D eigenvalue weighted by Gasteiger charge is -2.10. The number of ether oxygens (including phenoxy) is 2. The standard InChI is InChI=1S/C17H15F3N4O3S/c1-3-27-14(25)9-28-16-22-15-21-12(10-4-6-11(26-2)7-5-10)8-13(17(18,19)20)24(15)23-16/h4-8H,3,9H2,1-2H3. The molecule has 28 heavy (non-hydrogen) atoms. The number of hydrogen-bond acceptors (Lipinski definition) is 7. The van der Waals surface area contributed by atoms with Crippen molar-refractivity contribution in [2.45, 2.75) is 18.3 Å². The zero-order chi connectivity index (χ0) is 20.3. The highest BCUT2D eigenvalue weighted by Gasteiger charge is 2.35. The number of aromatic nitrogens is 4. The largest absolute Gasteiger partial charge is 0.497 e. The van der Waals surface area contributed by atoms with E-state index in [1.54, 1.807) is 31.2 Å². The summed E-state index contributed by atoms with van der Waals surface area (Å²) in [5, 5.41) is 3.83. The Labute approximate surface area is 161 Å². The van der Waals surface area contributed by atoms with Crippen LogP contribution in [0.2, 0.25) is 0 Å². The van der Waals surface area contributed by atoms with Crippen LogP contribution in [0.4, 0.5) is 13.2 Å². The molecule has 0 spiro atoms. The van der Waals surface area contributed by atoms with Gasteiger partial charge in [-0.15, -0.1) is 5.10 Å². The van der Waals surface area contributed by atoms with Crippen LogP contribution < -0.4 is 4.74 Å². The molecule has 148 valence electrons. The number of carbonyl (C=O) groups excluding carboxylic acids is 1. The average Bonchev–Trinajstić information content (AvgIpc) is 3.08. The van der Waals surface area contributed by atoms with Gasteiger partial charge in [-0.2, -0.15) is 22.7 Å². The molecule has 3 aromatic rings. The van der Waals surface area contributed by atoms with Crippen LogP contribution in [0.25, 0.3) is 17.0 Å². The molecule has 0 saturated heterocycles. The van der Waals surface area contributed by atoms with Crippen molar-refractivity contribution in [3.63, 3.8) is 0 Å². The van der Waals surface area contributed by atoms with Crippen molar-refractivity contribution in [2.24, 2.45) is 0 Å². The Bertz CT molecular complexity index is 990. The molecule has 11 heteroatoms. The zero-order valence-corrected chi connectivity index (χ0v) is 15.7. The van der Waals surface area contributed by atoms with Crippen molar-refractivity contribution in [3.8, 4) is 17.0 Å². The summed E-state index contributed by atoms with van der Waals surface area (Å²) in [4.78, 5) is 19.6. The molecule has 0 aliphatic carbocycles. The highest BCUT2D eigenvalue weighted by Crippen LogP contribution is 2.32. The number of rotatable bonds is 6. The Morgan fingerprint density at radius 3 is 2.54 bits per heavy atom. The lowest BCUT2D eigenvalue weighted by molar-refractivity contribution is -0.143. The molecule has 1 aromatic carbocycles. The van der Waals surface area contributed by atoms with Crippen LogP contribution in [-0.4, -0.2) is 45.0 Å². The SMILES string of the molecule is CCOC(=O)CSc1nc2nc(-c3ccc(OC)cc3)cc(C(F)(F)F)n2n1. The number of carbonyl (C=O) groups is 1. The van der Waals surface area contributed by atoms with E-state index < -0.39 is 17.8 Å². The molecule has 0 atom stereocenters. The first-order chi connectivity index (χ1) is 13.3. The van der Waals surface area contributed by atoms with Crippen molar-refractivity contribution in [1.29, 1.82) is 0 Å². The molecule has 0 fully saturated rings. The zero-order valence-electron chi connectivity index (χ0n) is 14.9. The Kier molecular flexibility index (Phi) is 5.73. The summed E-state index contributed by atoms with van der Waals surface area (Å²) >= 11 is 0.879. The topological polar surface area (TPSA) is 78.6 Å². The summed E-state index contributed by atoms with van der Waals surface area (Å²) in [7, 11) is 1.49. The molecule has 0 N–H and O–H groups in total. The van der Waals surface area contributed by atoms with Crippen LogP contribution in [0, 0.1) is 0 Å². The summed E-state index contributed by atoms with van der Waals surface area (Å²) in [6.07, 6.45) is -4.67. The number of fused-ring (bicyclic) bond motifs is 1. The van der Waals surface area contributed by atoms with Crippen molar-refractivity contribution in [2.75, 3.05) is 19.5 Å². The Morgan fingerprint density at radius 1 is 1.21 bits per heavy atom. The Balaban J connectivity index is 2.01. The molecule has 0 radical (unpaired) electrons. The number of benzene rings is 1. The van der Waals surface area contributed by atoms with Crippen LogP contribution in [0.3, 0.4) is 0 Å². The lowest BCUT2D eigenvalue weighted by Crippen LogP contribution is -2.14. The monoisotopic (exact) mass is 412 g/mol. The third-order valence-corrected chi connectivity index (χ3v) is 4.40. The van der Waals surface area contributed by atoms with Crippen LogP contribution in [0.15, 0.2) is 35.5 Å². The van der Waals surface area contributed by atoms with Gasteiger partial charge in [-0.05, 0) is 37.3 Å². The molecule has 0 saturated carbocycles. The second-order valence-electron chi connectivity index (χ2n) is 5.45. The lowest BCUT2D eigenvalue weighted by atomic mass is 10.1. The molecule has 0 bridgehead atoms. The van der Waals surface area contributed by atoms with Crippen molar-refractivity contribution in [1.82, 2.24) is 19.6 Å². The fourth-order valence-electron chi connectivity index (χ4n) is 2.35. The molecule has 0 unspecified atom stereocenters. The highest BCUT2D eigenvalue weighted by atomic mass is 32.2. The maximum absolute atomic E-state index is 13.5. The van der Waals surface area contributed by atoms with Gasteiger partial charge < -0.3 is 9.47 Å². The van der Waals surface area contributed by atoms with Gasteiger partial charge in [0.05, 0.1) is 25.2 Å². The summed E-state index contributed by atoms with van der Waals surface area (Å²) in [5.41, 5.74) is -0.451. The summed E-state index contributed by atoms with van der Waals surface area (Å²) < 4.78 is 51.1. The molecule has 0 aliphatic rings. The predicted molar refractivity (Wildman–Crippen MR) is 95.1 cm³/mol. The van der Waals surface area contributed by atoms with Gasteiger partial charge in [0.15, 0.2) is 5.69 Å². The van der Waals surface area contributed by atoms with E-state index in [2.05, 4.69) is 15.1 Å². The second-order valence-corrected chi connectivity index (χ2v) is 6.40. The minimum Gasteiger partial charge on any atom is -0.497 e. The molecular weight excluding hydrogens is 397 g/mol. The quantitative estimate of drug-likeness (QED) is 0.453. The molecular formula is C17H15F3N4O3S. The summed E-state index contributed by atoms with van der Waals surface area (Å²) in [6.45, 7) is 1.87. The smallest absolute Gasteiger partial charge is 0.433 e. The first-order valence-electron chi connectivity index (χ1n) is 8.09. The van der Waals surface area contributed by atoms with Gasteiger partial charge in [0.2, 0.25) is 5.16 Å². The van der Waals surface area contributed by atoms with Gasteiger partial charge in [-0.1, -0.05) is 11.8 Å². The number of halogens is 3. The number of alkyl halides is 3. The van der Waals surface area contributed by atoms with E-state index in [1.165, 1.54) is 7.11 Å². The summed E-state index contributed by atoms with van der Waals surface area (Å²) in [6, 6.07) is 7.36. The number of esters is 1. The average molecular weight is 412 g/mol. The molecule has 3 rings (SSSR count). The Hall–Kier alpha value is -2.82.